The van der Waals surface area contributed by atoms with Crippen molar-refractivity contribution >= 4 is 0 Å². The lowest BCUT2D eigenvalue weighted by atomic mass is 10.2. The molecule has 2 N–H and O–H groups in total. The molecule has 0 aliphatic rings. The van der Waals surface area contributed by atoms with Crippen molar-refractivity contribution in [3.63, 3.8) is 0 Å². The van der Waals surface area contributed by atoms with Gasteiger partial charge in [0.05, 0.1) is 12.7 Å². The van der Waals surface area contributed by atoms with Crippen molar-refractivity contribution in [2.24, 2.45) is 5.92 Å². The smallest absolute Gasteiger partial charge is 0.0897 e. The molecule has 110 valence electrons. The van der Waals surface area contributed by atoms with Gasteiger partial charge in [-0.05, 0) is 46.3 Å². The molecule has 0 radical (unpaired) electrons. The Bertz CT molecular complexity index is 187. The van der Waals surface area contributed by atoms with E-state index in [4.69, 9.17) is 4.74 Å². The van der Waals surface area contributed by atoms with E-state index >= 15 is 0 Å². The zero-order valence-electron chi connectivity index (χ0n) is 12.8. The first-order chi connectivity index (χ1) is 8.43. The molecule has 0 bridgehead atoms. The Labute approximate surface area is 113 Å². The van der Waals surface area contributed by atoms with Gasteiger partial charge < -0.3 is 20.1 Å². The van der Waals surface area contributed by atoms with Crippen molar-refractivity contribution in [3.05, 3.63) is 0 Å². The maximum absolute atomic E-state index is 9.66. The van der Waals surface area contributed by atoms with Crippen LogP contribution in [0.3, 0.4) is 0 Å². The molecule has 0 fully saturated rings. The Kier molecular flexibility index (Phi) is 10.6. The number of ether oxygens (including phenoxy) is 1. The lowest BCUT2D eigenvalue weighted by Gasteiger charge is -2.21. The minimum atomic E-state index is -0.397. The first-order valence-corrected chi connectivity index (χ1v) is 7.10. The van der Waals surface area contributed by atoms with Crippen LogP contribution in [0.4, 0.5) is 0 Å². The van der Waals surface area contributed by atoms with Gasteiger partial charge in [0.2, 0.25) is 0 Å². The number of hydrogen-bond acceptors (Lipinski definition) is 4. The summed E-state index contributed by atoms with van der Waals surface area (Å²) in [7, 11) is 2.14. The highest BCUT2D eigenvalue weighted by Crippen LogP contribution is 1.95. The standard InChI is InChI=1S/C14H32N2O2/c1-12(2)10-18-11-14(17)9-15-7-6-8-16(5)13(3)4/h12-15,17H,6-11H2,1-5H3. The van der Waals surface area contributed by atoms with Crippen molar-refractivity contribution in [1.29, 1.82) is 0 Å². The second-order valence-corrected chi connectivity index (χ2v) is 5.72. The van der Waals surface area contributed by atoms with Gasteiger partial charge in [0.25, 0.3) is 0 Å². The SMILES string of the molecule is CC(C)COCC(O)CNCCCN(C)C(C)C. The molecule has 1 unspecified atom stereocenters. The van der Waals surface area contributed by atoms with Crippen molar-refractivity contribution in [3.8, 4) is 0 Å². The fourth-order valence-corrected chi connectivity index (χ4v) is 1.48. The van der Waals surface area contributed by atoms with Gasteiger partial charge in [-0.15, -0.1) is 0 Å². The maximum Gasteiger partial charge on any atom is 0.0897 e. The Hall–Kier alpha value is -0.160. The van der Waals surface area contributed by atoms with Crippen LogP contribution in [0.25, 0.3) is 0 Å². The molecule has 0 aliphatic carbocycles. The van der Waals surface area contributed by atoms with E-state index in [0.717, 1.165) is 26.1 Å². The number of aliphatic hydroxyl groups is 1. The molecule has 0 amide bonds. The van der Waals surface area contributed by atoms with Gasteiger partial charge in [0.15, 0.2) is 0 Å². The summed E-state index contributed by atoms with van der Waals surface area (Å²) in [5.41, 5.74) is 0. The molecule has 0 saturated heterocycles. The van der Waals surface area contributed by atoms with Gasteiger partial charge in [-0.25, -0.2) is 0 Å². The molecule has 0 heterocycles. The summed E-state index contributed by atoms with van der Waals surface area (Å²) in [5, 5.41) is 12.9. The summed E-state index contributed by atoms with van der Waals surface area (Å²) in [6.07, 6.45) is 0.709. The molecular weight excluding hydrogens is 228 g/mol. The van der Waals surface area contributed by atoms with E-state index in [2.05, 4.69) is 45.0 Å². The fourth-order valence-electron chi connectivity index (χ4n) is 1.48. The number of rotatable bonds is 11. The molecule has 0 aromatic carbocycles. The highest BCUT2D eigenvalue weighted by atomic mass is 16.5. The van der Waals surface area contributed by atoms with Gasteiger partial charge >= 0.3 is 0 Å². The van der Waals surface area contributed by atoms with Crippen molar-refractivity contribution < 1.29 is 9.84 Å². The molecule has 18 heavy (non-hydrogen) atoms. The van der Waals surface area contributed by atoms with E-state index in [1.54, 1.807) is 0 Å². The molecular formula is C14H32N2O2. The summed E-state index contributed by atoms with van der Waals surface area (Å²) in [6.45, 7) is 12.4. The minimum Gasteiger partial charge on any atom is -0.389 e. The van der Waals surface area contributed by atoms with E-state index in [-0.39, 0.29) is 0 Å². The van der Waals surface area contributed by atoms with Gasteiger partial charge in [-0.2, -0.15) is 0 Å². The largest absolute Gasteiger partial charge is 0.389 e. The quantitative estimate of drug-likeness (QED) is 0.550. The van der Waals surface area contributed by atoms with Crippen molar-refractivity contribution in [1.82, 2.24) is 10.2 Å². The van der Waals surface area contributed by atoms with Crippen LogP contribution in [0.2, 0.25) is 0 Å². The van der Waals surface area contributed by atoms with E-state index in [0.29, 0.717) is 25.1 Å². The highest BCUT2D eigenvalue weighted by molar-refractivity contribution is 4.61. The number of nitrogens with one attached hydrogen (secondary N) is 1. The van der Waals surface area contributed by atoms with Crippen LogP contribution in [0.5, 0.6) is 0 Å². The van der Waals surface area contributed by atoms with Crippen LogP contribution < -0.4 is 5.32 Å². The zero-order valence-corrected chi connectivity index (χ0v) is 12.8. The van der Waals surface area contributed by atoms with Crippen molar-refractivity contribution in [2.75, 3.05) is 39.9 Å². The Balaban J connectivity index is 3.32. The first-order valence-electron chi connectivity index (χ1n) is 7.10. The molecule has 0 aromatic heterocycles. The van der Waals surface area contributed by atoms with Crippen LogP contribution >= 0.6 is 0 Å². The molecule has 4 nitrogen and oxygen atoms in total. The van der Waals surface area contributed by atoms with Crippen LogP contribution in [0.1, 0.15) is 34.1 Å². The predicted molar refractivity (Wildman–Crippen MR) is 76.9 cm³/mol. The Morgan fingerprint density at radius 3 is 2.39 bits per heavy atom. The Morgan fingerprint density at radius 2 is 1.83 bits per heavy atom. The van der Waals surface area contributed by atoms with Gasteiger partial charge in [-0.3, -0.25) is 0 Å². The average molecular weight is 260 g/mol. The molecule has 0 spiro atoms. The average Bonchev–Trinajstić information content (AvgIpc) is 2.27. The topological polar surface area (TPSA) is 44.7 Å². The number of aliphatic hydroxyl groups excluding tert-OH is 1. The van der Waals surface area contributed by atoms with Crippen LogP contribution in [0, 0.1) is 5.92 Å². The lowest BCUT2D eigenvalue weighted by molar-refractivity contribution is 0.0261. The van der Waals surface area contributed by atoms with Gasteiger partial charge in [0.1, 0.15) is 0 Å². The number of hydrogen-bond donors (Lipinski definition) is 2. The van der Waals surface area contributed by atoms with E-state index in [9.17, 15) is 5.11 Å². The van der Waals surface area contributed by atoms with Crippen LogP contribution in [-0.2, 0) is 4.74 Å². The van der Waals surface area contributed by atoms with Gasteiger partial charge in [-0.1, -0.05) is 13.8 Å². The first kappa shape index (κ1) is 17.8. The second-order valence-electron chi connectivity index (χ2n) is 5.72. The van der Waals surface area contributed by atoms with E-state index in [1.165, 1.54) is 0 Å². The highest BCUT2D eigenvalue weighted by Gasteiger charge is 2.05. The maximum atomic E-state index is 9.66. The minimum absolute atomic E-state index is 0.397. The third-order valence-electron chi connectivity index (χ3n) is 2.89. The third kappa shape index (κ3) is 11.0. The lowest BCUT2D eigenvalue weighted by Crippen LogP contribution is -2.33. The molecule has 4 heteroatoms. The summed E-state index contributed by atoms with van der Waals surface area (Å²) < 4.78 is 5.39. The molecule has 0 rings (SSSR count). The molecule has 1 atom stereocenters. The van der Waals surface area contributed by atoms with E-state index < -0.39 is 6.10 Å². The summed E-state index contributed by atoms with van der Waals surface area (Å²) in [4.78, 5) is 2.32. The summed E-state index contributed by atoms with van der Waals surface area (Å²) in [5.74, 6) is 0.525. The molecule has 0 aromatic rings. The van der Waals surface area contributed by atoms with Gasteiger partial charge in [0, 0.05) is 19.2 Å². The fraction of sp³-hybridized carbons (Fsp3) is 1.00. The third-order valence-corrected chi connectivity index (χ3v) is 2.89. The van der Waals surface area contributed by atoms with Crippen LogP contribution in [-0.4, -0.2) is 62.0 Å². The normalized spacial score (nSPS) is 13.8. The molecule has 0 saturated carbocycles. The summed E-state index contributed by atoms with van der Waals surface area (Å²) >= 11 is 0. The van der Waals surface area contributed by atoms with Crippen LogP contribution in [0.15, 0.2) is 0 Å². The van der Waals surface area contributed by atoms with Crippen molar-refractivity contribution in [2.45, 2.75) is 46.3 Å². The second kappa shape index (κ2) is 10.7. The number of nitrogens with zero attached hydrogens (tertiary/aromatic N) is 1. The monoisotopic (exact) mass is 260 g/mol. The van der Waals surface area contributed by atoms with E-state index in [1.807, 2.05) is 0 Å². The summed E-state index contributed by atoms with van der Waals surface area (Å²) in [6, 6.07) is 0.597. The predicted octanol–water partition coefficient (Wildman–Crippen LogP) is 1.34. The zero-order chi connectivity index (χ0) is 14.0. The molecule has 0 aliphatic heterocycles. The Morgan fingerprint density at radius 1 is 1.17 bits per heavy atom.